The number of halogens is 1. The van der Waals surface area contributed by atoms with Gasteiger partial charge in [0.2, 0.25) is 0 Å². The summed E-state index contributed by atoms with van der Waals surface area (Å²) in [5.74, 6) is 0.325. The van der Waals surface area contributed by atoms with Crippen LogP contribution in [0.25, 0.3) is 21.7 Å². The van der Waals surface area contributed by atoms with Crippen LogP contribution in [0.5, 0.6) is 5.75 Å². The van der Waals surface area contributed by atoms with Gasteiger partial charge in [0, 0.05) is 71.9 Å². The van der Waals surface area contributed by atoms with E-state index in [-0.39, 0.29) is 23.7 Å². The number of fused-ring (bicyclic) bond motifs is 4. The lowest BCUT2D eigenvalue weighted by atomic mass is 9.95. The van der Waals surface area contributed by atoms with Gasteiger partial charge in [0.25, 0.3) is 5.91 Å². The van der Waals surface area contributed by atoms with Gasteiger partial charge >= 0.3 is 6.09 Å². The molecule has 2 amide bonds. The molecule has 0 saturated carbocycles. The zero-order valence-electron chi connectivity index (χ0n) is 21.9. The number of benzene rings is 3. The van der Waals surface area contributed by atoms with Gasteiger partial charge in [-0.25, -0.2) is 4.79 Å². The molecule has 2 aliphatic rings. The van der Waals surface area contributed by atoms with Gasteiger partial charge in [-0.05, 0) is 49.2 Å². The Labute approximate surface area is 234 Å². The van der Waals surface area contributed by atoms with Gasteiger partial charge in [-0.3, -0.25) is 9.59 Å². The van der Waals surface area contributed by atoms with Crippen molar-refractivity contribution in [2.75, 3.05) is 50.0 Å². The molecule has 1 saturated heterocycles. The number of rotatable bonds is 4. The average molecular weight is 589 g/mol. The van der Waals surface area contributed by atoms with Crippen LogP contribution in [0.15, 0.2) is 54.6 Å². The van der Waals surface area contributed by atoms with Crippen LogP contribution in [-0.4, -0.2) is 77.7 Å². The Morgan fingerprint density at radius 2 is 1.74 bits per heavy atom. The Morgan fingerprint density at radius 1 is 1.00 bits per heavy atom. The number of anilines is 1. The monoisotopic (exact) mass is 588 g/mol. The van der Waals surface area contributed by atoms with Gasteiger partial charge in [0.05, 0.1) is 5.69 Å². The minimum atomic E-state index is -0.377. The first kappa shape index (κ1) is 25.6. The first-order valence-electron chi connectivity index (χ1n) is 13.1. The minimum absolute atomic E-state index is 0.0230. The van der Waals surface area contributed by atoms with Crippen LogP contribution in [0.3, 0.4) is 0 Å². The molecule has 0 aliphatic carbocycles. The largest absolute Gasteiger partial charge is 0.415 e. The number of carbonyl (C=O) groups is 3. The Balaban J connectivity index is 1.39. The van der Waals surface area contributed by atoms with Crippen LogP contribution in [0.2, 0.25) is 0 Å². The van der Waals surface area contributed by atoms with Crippen LogP contribution < -0.4 is 9.64 Å². The standard InChI is InChI=1S/C30H29BrN4O4/c1-18(36)19-7-8-24-20(13-19)14-25(32-24)29(37)35-17-21(16-31)28-23-6-4-3-5-22(23)27(15-26(28)35)39-30(38)34-11-9-33(2)10-12-34/h3-8,13-15,21,32H,9-12,16-17H2,1-2H3. The summed E-state index contributed by atoms with van der Waals surface area (Å²) in [6.07, 6.45) is -0.377. The summed E-state index contributed by atoms with van der Waals surface area (Å²) in [5.41, 5.74) is 3.64. The van der Waals surface area contributed by atoms with Crippen LogP contribution >= 0.6 is 15.9 Å². The van der Waals surface area contributed by atoms with Crippen LogP contribution in [0.1, 0.15) is 39.3 Å². The molecule has 0 bridgehead atoms. The SMILES string of the molecule is CC(=O)c1ccc2[nH]c(C(=O)N3CC(CBr)c4c3cc(OC(=O)N3CCN(C)CC3)c3ccccc43)cc2c1. The lowest BCUT2D eigenvalue weighted by Crippen LogP contribution is -2.48. The van der Waals surface area contributed by atoms with E-state index >= 15 is 0 Å². The number of likely N-dealkylation sites (N-methyl/N-ethyl adjacent to an activating group) is 1. The number of H-pyrrole nitrogens is 1. The molecule has 1 atom stereocenters. The van der Waals surface area contributed by atoms with E-state index in [9.17, 15) is 14.4 Å². The molecular weight excluding hydrogens is 560 g/mol. The second kappa shape index (κ2) is 10.1. The van der Waals surface area contributed by atoms with E-state index in [4.69, 9.17) is 4.74 Å². The van der Waals surface area contributed by atoms with Gasteiger partial charge in [0.1, 0.15) is 11.4 Å². The predicted molar refractivity (Wildman–Crippen MR) is 156 cm³/mol. The second-order valence-corrected chi connectivity index (χ2v) is 11.0. The molecular formula is C30H29BrN4O4. The lowest BCUT2D eigenvalue weighted by Gasteiger charge is -2.31. The third-order valence-electron chi connectivity index (χ3n) is 7.78. The Hall–Kier alpha value is -3.69. The smallest absolute Gasteiger partial charge is 0.409 e. The van der Waals surface area contributed by atoms with Crippen molar-refractivity contribution < 1.29 is 19.1 Å². The highest BCUT2D eigenvalue weighted by molar-refractivity contribution is 9.09. The zero-order chi connectivity index (χ0) is 27.3. The van der Waals surface area contributed by atoms with E-state index in [1.54, 1.807) is 28.0 Å². The number of aromatic nitrogens is 1. The van der Waals surface area contributed by atoms with Crippen LogP contribution in [0, 0.1) is 0 Å². The van der Waals surface area contributed by atoms with E-state index in [0.717, 1.165) is 46.0 Å². The molecule has 6 rings (SSSR count). The van der Waals surface area contributed by atoms with Crippen molar-refractivity contribution >= 4 is 61.1 Å². The fraction of sp³-hybridized carbons (Fsp3) is 0.300. The normalized spacial score (nSPS) is 17.6. The number of aromatic amines is 1. The van der Waals surface area contributed by atoms with Crippen molar-refractivity contribution in [3.8, 4) is 5.75 Å². The number of piperazine rings is 1. The van der Waals surface area contributed by atoms with Crippen molar-refractivity contribution in [1.82, 2.24) is 14.8 Å². The fourth-order valence-corrected chi connectivity index (χ4v) is 6.10. The van der Waals surface area contributed by atoms with Crippen molar-refractivity contribution in [1.29, 1.82) is 0 Å². The molecule has 0 radical (unpaired) electrons. The summed E-state index contributed by atoms with van der Waals surface area (Å²) >= 11 is 3.66. The summed E-state index contributed by atoms with van der Waals surface area (Å²) in [7, 11) is 2.04. The molecule has 3 aromatic carbocycles. The van der Waals surface area contributed by atoms with Gasteiger partial charge in [0.15, 0.2) is 5.78 Å². The number of alkyl halides is 1. The predicted octanol–water partition coefficient (Wildman–Crippen LogP) is 5.41. The molecule has 39 heavy (non-hydrogen) atoms. The molecule has 1 N–H and O–H groups in total. The number of hydrogen-bond acceptors (Lipinski definition) is 5. The highest BCUT2D eigenvalue weighted by Gasteiger charge is 2.36. The Kier molecular flexibility index (Phi) is 6.64. The first-order chi connectivity index (χ1) is 18.8. The number of Topliss-reactive ketones (excluding diaryl/α,β-unsaturated/α-hetero) is 1. The number of amides is 2. The molecule has 3 heterocycles. The second-order valence-electron chi connectivity index (χ2n) is 10.3. The molecule has 4 aromatic rings. The fourth-order valence-electron chi connectivity index (χ4n) is 5.58. The van der Waals surface area contributed by atoms with E-state index in [0.29, 0.717) is 42.0 Å². The maximum Gasteiger partial charge on any atom is 0.415 e. The molecule has 200 valence electrons. The summed E-state index contributed by atoms with van der Waals surface area (Å²) in [4.78, 5) is 47.8. The Morgan fingerprint density at radius 3 is 2.46 bits per heavy atom. The highest BCUT2D eigenvalue weighted by atomic mass is 79.9. The van der Waals surface area contributed by atoms with E-state index in [1.807, 2.05) is 43.4 Å². The quantitative estimate of drug-likeness (QED) is 0.254. The van der Waals surface area contributed by atoms with E-state index < -0.39 is 0 Å². The van der Waals surface area contributed by atoms with Crippen molar-refractivity contribution in [2.45, 2.75) is 12.8 Å². The number of nitrogens with zero attached hydrogens (tertiary/aromatic N) is 3. The number of nitrogens with one attached hydrogen (secondary N) is 1. The van der Waals surface area contributed by atoms with E-state index in [2.05, 4.69) is 25.8 Å². The van der Waals surface area contributed by atoms with Crippen molar-refractivity contribution in [3.63, 3.8) is 0 Å². The van der Waals surface area contributed by atoms with Crippen LogP contribution in [-0.2, 0) is 0 Å². The van der Waals surface area contributed by atoms with Gasteiger partial charge in [-0.1, -0.05) is 40.2 Å². The summed E-state index contributed by atoms with van der Waals surface area (Å²) in [6.45, 7) is 4.84. The van der Waals surface area contributed by atoms with Crippen molar-refractivity contribution in [3.05, 3.63) is 71.4 Å². The summed E-state index contributed by atoms with van der Waals surface area (Å²) < 4.78 is 5.99. The third-order valence-corrected chi connectivity index (χ3v) is 8.56. The average Bonchev–Trinajstić information content (AvgIpc) is 3.54. The maximum absolute atomic E-state index is 13.9. The zero-order valence-corrected chi connectivity index (χ0v) is 23.5. The molecule has 8 nitrogen and oxygen atoms in total. The summed E-state index contributed by atoms with van der Waals surface area (Å²) in [5, 5.41) is 3.31. The number of ether oxygens (including phenoxy) is 1. The molecule has 1 fully saturated rings. The summed E-state index contributed by atoms with van der Waals surface area (Å²) in [6, 6.07) is 16.9. The molecule has 0 spiro atoms. The highest BCUT2D eigenvalue weighted by Crippen LogP contribution is 2.46. The topological polar surface area (TPSA) is 85.9 Å². The van der Waals surface area contributed by atoms with E-state index in [1.165, 1.54) is 6.92 Å². The minimum Gasteiger partial charge on any atom is -0.409 e. The van der Waals surface area contributed by atoms with Gasteiger partial charge < -0.3 is 24.4 Å². The molecule has 9 heteroatoms. The van der Waals surface area contributed by atoms with Crippen molar-refractivity contribution in [2.24, 2.45) is 0 Å². The lowest BCUT2D eigenvalue weighted by molar-refractivity contribution is 0.0982. The number of ketones is 1. The van der Waals surface area contributed by atoms with Gasteiger partial charge in [-0.15, -0.1) is 0 Å². The first-order valence-corrected chi connectivity index (χ1v) is 14.2. The molecule has 1 aromatic heterocycles. The third kappa shape index (κ3) is 4.59. The van der Waals surface area contributed by atoms with Crippen LogP contribution in [0.4, 0.5) is 10.5 Å². The Bertz CT molecular complexity index is 1620. The van der Waals surface area contributed by atoms with Gasteiger partial charge in [-0.2, -0.15) is 0 Å². The number of carbonyl (C=O) groups excluding carboxylic acids is 3. The molecule has 2 aliphatic heterocycles. The molecule has 1 unspecified atom stereocenters. The maximum atomic E-state index is 13.9. The number of hydrogen-bond donors (Lipinski definition) is 1.